The fraction of sp³-hybridized carbons (Fsp3) is 0. The van der Waals surface area contributed by atoms with Gasteiger partial charge in [0.05, 0.1) is 0 Å². The first kappa shape index (κ1) is 14.7. The molecule has 2 N–H and O–H groups in total. The molecule has 1 aromatic heterocycles. The molecule has 0 saturated heterocycles. The number of hydrogen-bond donors (Lipinski definition) is 2. The van der Waals surface area contributed by atoms with Gasteiger partial charge in [-0.2, -0.15) is 0 Å². The van der Waals surface area contributed by atoms with Gasteiger partial charge in [0.25, 0.3) is 0 Å². The van der Waals surface area contributed by atoms with Gasteiger partial charge in [-0.15, -0.1) is 11.3 Å². The molecule has 0 fully saturated rings. The summed E-state index contributed by atoms with van der Waals surface area (Å²) in [4.78, 5) is 12.7. The Hall–Kier alpha value is -1.69. The number of amides is 1. The Morgan fingerprint density at radius 1 is 1.25 bits per heavy atom. The van der Waals surface area contributed by atoms with Crippen molar-refractivity contribution in [3.05, 3.63) is 57.8 Å². The van der Waals surface area contributed by atoms with E-state index in [4.69, 9.17) is 23.8 Å². The van der Waals surface area contributed by atoms with Gasteiger partial charge in [-0.25, -0.2) is 0 Å². The van der Waals surface area contributed by atoms with Crippen LogP contribution in [0.2, 0.25) is 5.02 Å². The molecular weight excluding hydrogens is 312 g/mol. The lowest BCUT2D eigenvalue weighted by Crippen LogP contribution is -2.32. The molecule has 0 aliphatic heterocycles. The van der Waals surface area contributed by atoms with Crippen molar-refractivity contribution in [1.82, 2.24) is 5.32 Å². The van der Waals surface area contributed by atoms with E-state index in [-0.39, 0.29) is 11.0 Å². The monoisotopic (exact) mass is 322 g/mol. The number of benzene rings is 1. The predicted octanol–water partition coefficient (Wildman–Crippen LogP) is 3.93. The average molecular weight is 323 g/mol. The van der Waals surface area contributed by atoms with Crippen molar-refractivity contribution in [1.29, 1.82) is 0 Å². The van der Waals surface area contributed by atoms with Crippen molar-refractivity contribution in [2.75, 3.05) is 5.32 Å². The molecule has 20 heavy (non-hydrogen) atoms. The van der Waals surface area contributed by atoms with Crippen LogP contribution in [0.5, 0.6) is 0 Å². The Bertz CT molecular complexity index is 621. The molecule has 1 heterocycles. The molecule has 0 radical (unpaired) electrons. The molecule has 0 saturated carbocycles. The van der Waals surface area contributed by atoms with Gasteiger partial charge in [0.2, 0.25) is 5.91 Å². The third-order valence-corrected chi connectivity index (χ3v) is 3.57. The van der Waals surface area contributed by atoms with Crippen molar-refractivity contribution in [2.24, 2.45) is 0 Å². The summed E-state index contributed by atoms with van der Waals surface area (Å²) >= 11 is 12.4. The van der Waals surface area contributed by atoms with Crippen LogP contribution in [-0.4, -0.2) is 11.0 Å². The highest BCUT2D eigenvalue weighted by Gasteiger charge is 2.01. The number of nitrogens with one attached hydrogen (secondary N) is 2. The van der Waals surface area contributed by atoms with Crippen molar-refractivity contribution in [3.63, 3.8) is 0 Å². The summed E-state index contributed by atoms with van der Waals surface area (Å²) in [5, 5.41) is 8.31. The zero-order valence-electron chi connectivity index (χ0n) is 10.3. The van der Waals surface area contributed by atoms with Crippen LogP contribution in [0.15, 0.2) is 47.9 Å². The molecule has 1 aromatic carbocycles. The second-order valence-corrected chi connectivity index (χ2v) is 5.62. The summed E-state index contributed by atoms with van der Waals surface area (Å²) in [6.45, 7) is 0. The minimum Gasteiger partial charge on any atom is -0.332 e. The molecule has 0 unspecified atom stereocenters. The molecule has 0 bridgehead atoms. The Balaban J connectivity index is 1.85. The van der Waals surface area contributed by atoms with Crippen LogP contribution in [0.1, 0.15) is 4.88 Å². The quantitative estimate of drug-likeness (QED) is 0.664. The standard InChI is InChI=1S/C14H11ClN2OS2/c15-10-3-5-11(6-4-10)16-14(19)17-13(18)8-7-12-2-1-9-20-12/h1-9H,(H2,16,17,18,19). The Kier molecular flexibility index (Phi) is 5.29. The van der Waals surface area contributed by atoms with Crippen LogP contribution < -0.4 is 10.6 Å². The maximum atomic E-state index is 11.7. The number of rotatable bonds is 3. The third-order valence-electron chi connectivity index (χ3n) is 2.28. The minimum absolute atomic E-state index is 0.244. The maximum Gasteiger partial charge on any atom is 0.250 e. The summed E-state index contributed by atoms with van der Waals surface area (Å²) in [5.41, 5.74) is 0.766. The predicted molar refractivity (Wildman–Crippen MR) is 89.2 cm³/mol. The van der Waals surface area contributed by atoms with E-state index in [0.717, 1.165) is 10.6 Å². The number of carbonyl (C=O) groups excluding carboxylic acids is 1. The summed E-state index contributed by atoms with van der Waals surface area (Å²) < 4.78 is 0. The fourth-order valence-corrected chi connectivity index (χ4v) is 2.36. The number of thiocarbonyl (C=S) groups is 1. The van der Waals surface area contributed by atoms with Crippen LogP contribution in [0, 0.1) is 0 Å². The van der Waals surface area contributed by atoms with Gasteiger partial charge in [-0.1, -0.05) is 17.7 Å². The Labute approximate surface area is 131 Å². The van der Waals surface area contributed by atoms with Gasteiger partial charge in [0, 0.05) is 21.7 Å². The molecule has 0 spiro atoms. The lowest BCUT2D eigenvalue weighted by Gasteiger charge is -2.07. The smallest absolute Gasteiger partial charge is 0.250 e. The van der Waals surface area contributed by atoms with E-state index < -0.39 is 0 Å². The fourth-order valence-electron chi connectivity index (χ4n) is 1.39. The highest BCUT2D eigenvalue weighted by Crippen LogP contribution is 2.13. The molecule has 102 valence electrons. The summed E-state index contributed by atoms with van der Waals surface area (Å²) in [7, 11) is 0. The van der Waals surface area contributed by atoms with Crippen LogP contribution in [-0.2, 0) is 4.79 Å². The lowest BCUT2D eigenvalue weighted by atomic mass is 10.3. The number of carbonyl (C=O) groups is 1. The molecule has 6 heteroatoms. The first-order valence-electron chi connectivity index (χ1n) is 5.72. The maximum absolute atomic E-state index is 11.7. The molecule has 2 rings (SSSR count). The van der Waals surface area contributed by atoms with Gasteiger partial charge in [0.1, 0.15) is 0 Å². The first-order valence-corrected chi connectivity index (χ1v) is 7.39. The Morgan fingerprint density at radius 2 is 2.00 bits per heavy atom. The minimum atomic E-state index is -0.273. The van der Waals surface area contributed by atoms with Gasteiger partial charge >= 0.3 is 0 Å². The molecule has 2 aromatic rings. The van der Waals surface area contributed by atoms with E-state index in [9.17, 15) is 4.79 Å². The first-order chi connectivity index (χ1) is 9.63. The third kappa shape index (κ3) is 4.77. The van der Waals surface area contributed by atoms with Crippen LogP contribution in [0.25, 0.3) is 6.08 Å². The van der Waals surface area contributed by atoms with E-state index in [2.05, 4.69) is 10.6 Å². The number of anilines is 1. The van der Waals surface area contributed by atoms with E-state index >= 15 is 0 Å². The highest BCUT2D eigenvalue weighted by molar-refractivity contribution is 7.80. The summed E-state index contributed by atoms with van der Waals surface area (Å²) in [5.74, 6) is -0.273. The van der Waals surface area contributed by atoms with Crippen molar-refractivity contribution < 1.29 is 4.79 Å². The topological polar surface area (TPSA) is 41.1 Å². The average Bonchev–Trinajstić information content (AvgIpc) is 2.92. The normalized spacial score (nSPS) is 10.4. The van der Waals surface area contributed by atoms with Gasteiger partial charge < -0.3 is 5.32 Å². The molecule has 0 aliphatic rings. The lowest BCUT2D eigenvalue weighted by molar-refractivity contribution is -0.115. The van der Waals surface area contributed by atoms with Crippen molar-refractivity contribution in [3.8, 4) is 0 Å². The Morgan fingerprint density at radius 3 is 2.65 bits per heavy atom. The summed E-state index contributed by atoms with van der Waals surface area (Å²) in [6.07, 6.45) is 3.19. The van der Waals surface area contributed by atoms with Gasteiger partial charge in [-0.3, -0.25) is 10.1 Å². The molecule has 0 aliphatic carbocycles. The zero-order valence-corrected chi connectivity index (χ0v) is 12.7. The molecule has 1 amide bonds. The number of hydrogen-bond acceptors (Lipinski definition) is 3. The van der Waals surface area contributed by atoms with E-state index in [1.807, 2.05) is 17.5 Å². The highest BCUT2D eigenvalue weighted by atomic mass is 35.5. The van der Waals surface area contributed by atoms with E-state index in [1.165, 1.54) is 6.08 Å². The van der Waals surface area contributed by atoms with Gasteiger partial charge in [-0.05, 0) is 54.0 Å². The van der Waals surface area contributed by atoms with E-state index in [0.29, 0.717) is 5.02 Å². The van der Waals surface area contributed by atoms with Crippen LogP contribution >= 0.6 is 35.2 Å². The number of thiophene rings is 1. The molecule has 3 nitrogen and oxygen atoms in total. The zero-order chi connectivity index (χ0) is 14.4. The summed E-state index contributed by atoms with van der Waals surface area (Å²) in [6, 6.07) is 10.9. The van der Waals surface area contributed by atoms with E-state index in [1.54, 1.807) is 41.7 Å². The largest absolute Gasteiger partial charge is 0.332 e. The second-order valence-electron chi connectivity index (χ2n) is 3.80. The van der Waals surface area contributed by atoms with Crippen LogP contribution in [0.4, 0.5) is 5.69 Å². The SMILES string of the molecule is O=C(C=Cc1cccs1)NC(=S)Nc1ccc(Cl)cc1. The van der Waals surface area contributed by atoms with Crippen molar-refractivity contribution in [2.45, 2.75) is 0 Å². The van der Waals surface area contributed by atoms with Crippen molar-refractivity contribution >= 4 is 57.9 Å². The molecular formula is C14H11ClN2OS2. The second kappa shape index (κ2) is 7.19. The van der Waals surface area contributed by atoms with Gasteiger partial charge in [0.15, 0.2) is 5.11 Å². The molecule has 0 atom stereocenters. The van der Waals surface area contributed by atoms with Crippen LogP contribution in [0.3, 0.4) is 0 Å². The number of halogens is 1.